The maximum Gasteiger partial charge on any atom is 0.287 e. The van der Waals surface area contributed by atoms with Crippen LogP contribution in [0.1, 0.15) is 21.9 Å². The number of amides is 2. The SMILES string of the molecule is Cc1ncc(C(=O)NC(Cc2csc3ncccc23)C(=O)C(N)=O)n1-c1ccccn1. The second kappa shape index (κ2) is 8.44. The van der Waals surface area contributed by atoms with Gasteiger partial charge in [-0.25, -0.2) is 15.0 Å². The van der Waals surface area contributed by atoms with Crippen LogP contribution in [0.15, 0.2) is 54.3 Å². The summed E-state index contributed by atoms with van der Waals surface area (Å²) >= 11 is 1.42. The summed E-state index contributed by atoms with van der Waals surface area (Å²) in [6.07, 6.45) is 4.79. The molecule has 0 saturated heterocycles. The summed E-state index contributed by atoms with van der Waals surface area (Å²) in [4.78, 5) is 50.7. The molecule has 9 nitrogen and oxygen atoms in total. The molecule has 0 aliphatic heterocycles. The molecule has 1 unspecified atom stereocenters. The van der Waals surface area contributed by atoms with Crippen LogP contribution in [0.5, 0.6) is 0 Å². The fourth-order valence-electron chi connectivity index (χ4n) is 3.29. The lowest BCUT2D eigenvalue weighted by atomic mass is 10.0. The van der Waals surface area contributed by atoms with E-state index in [1.807, 2.05) is 11.4 Å². The molecule has 1 atom stereocenters. The van der Waals surface area contributed by atoms with Crippen molar-refractivity contribution in [1.29, 1.82) is 0 Å². The van der Waals surface area contributed by atoms with Crippen LogP contribution < -0.4 is 11.1 Å². The highest BCUT2D eigenvalue weighted by Gasteiger charge is 2.28. The molecule has 0 aromatic carbocycles. The first-order valence-electron chi connectivity index (χ1n) is 9.37. The van der Waals surface area contributed by atoms with Crippen LogP contribution in [0, 0.1) is 6.92 Å². The Bertz CT molecular complexity index is 1280. The number of primary amides is 1. The van der Waals surface area contributed by atoms with Crippen molar-refractivity contribution < 1.29 is 14.4 Å². The van der Waals surface area contributed by atoms with Gasteiger partial charge in [0, 0.05) is 24.2 Å². The first-order valence-corrected chi connectivity index (χ1v) is 10.2. The molecule has 2 amide bonds. The Kier molecular flexibility index (Phi) is 5.54. The Balaban J connectivity index is 1.65. The predicted molar refractivity (Wildman–Crippen MR) is 115 cm³/mol. The lowest BCUT2D eigenvalue weighted by Crippen LogP contribution is -2.47. The second-order valence-corrected chi connectivity index (χ2v) is 7.65. The molecule has 0 saturated carbocycles. The molecule has 4 heterocycles. The standard InChI is InChI=1S/C21H18N6O3S/c1-12-25-10-16(27(12)17-6-2-3-7-23-17)20(30)26-15(18(28)19(22)29)9-13-11-31-21-14(13)5-4-8-24-21/h2-8,10-11,15H,9H2,1H3,(H2,22,29)(H,26,30). The first kappa shape index (κ1) is 20.4. The number of thiophene rings is 1. The van der Waals surface area contributed by atoms with Gasteiger partial charge in [0.2, 0.25) is 5.78 Å². The Morgan fingerprint density at radius 1 is 1.13 bits per heavy atom. The minimum Gasteiger partial charge on any atom is -0.363 e. The predicted octanol–water partition coefficient (Wildman–Crippen LogP) is 1.58. The molecule has 10 heteroatoms. The lowest BCUT2D eigenvalue weighted by molar-refractivity contribution is -0.137. The third kappa shape index (κ3) is 4.05. The van der Waals surface area contributed by atoms with Gasteiger partial charge < -0.3 is 11.1 Å². The summed E-state index contributed by atoms with van der Waals surface area (Å²) in [5, 5.41) is 5.36. The monoisotopic (exact) mass is 434 g/mol. The number of carbonyl (C=O) groups is 3. The first-order chi connectivity index (χ1) is 15.0. The van der Waals surface area contributed by atoms with Gasteiger partial charge in [0.1, 0.15) is 28.2 Å². The number of carbonyl (C=O) groups excluding carboxylic acids is 3. The van der Waals surface area contributed by atoms with Crippen molar-refractivity contribution in [1.82, 2.24) is 24.8 Å². The van der Waals surface area contributed by atoms with Crippen LogP contribution in [-0.2, 0) is 16.0 Å². The molecule has 31 heavy (non-hydrogen) atoms. The van der Waals surface area contributed by atoms with Crippen LogP contribution in [0.25, 0.3) is 16.0 Å². The van der Waals surface area contributed by atoms with E-state index < -0.39 is 23.6 Å². The fraction of sp³-hybridized carbons (Fsp3) is 0.143. The van der Waals surface area contributed by atoms with Gasteiger partial charge >= 0.3 is 0 Å². The van der Waals surface area contributed by atoms with E-state index in [4.69, 9.17) is 5.73 Å². The molecule has 4 rings (SSSR count). The fourth-order valence-corrected chi connectivity index (χ4v) is 4.22. The van der Waals surface area contributed by atoms with Crippen molar-refractivity contribution in [3.05, 3.63) is 71.4 Å². The summed E-state index contributed by atoms with van der Waals surface area (Å²) < 4.78 is 1.57. The smallest absolute Gasteiger partial charge is 0.287 e. The zero-order valence-electron chi connectivity index (χ0n) is 16.5. The molecule has 0 aliphatic carbocycles. The number of nitrogens with two attached hydrogens (primary N) is 1. The lowest BCUT2D eigenvalue weighted by Gasteiger charge is -2.17. The van der Waals surface area contributed by atoms with E-state index in [0.717, 1.165) is 15.8 Å². The Labute approximate surface area is 181 Å². The molecule has 0 aliphatic rings. The van der Waals surface area contributed by atoms with Crippen LogP contribution >= 0.6 is 11.3 Å². The van der Waals surface area contributed by atoms with Crippen molar-refractivity contribution >= 4 is 39.2 Å². The maximum atomic E-state index is 13.1. The van der Waals surface area contributed by atoms with Gasteiger partial charge in [-0.15, -0.1) is 11.3 Å². The molecule has 3 N–H and O–H groups in total. The molecule has 0 spiro atoms. The Morgan fingerprint density at radius 2 is 1.94 bits per heavy atom. The van der Waals surface area contributed by atoms with E-state index in [0.29, 0.717) is 11.6 Å². The minimum absolute atomic E-state index is 0.107. The van der Waals surface area contributed by atoms with Crippen molar-refractivity contribution in [2.45, 2.75) is 19.4 Å². The number of hydrogen-bond donors (Lipinski definition) is 2. The summed E-state index contributed by atoms with van der Waals surface area (Å²) in [5.41, 5.74) is 6.22. The average molecular weight is 434 g/mol. The highest BCUT2D eigenvalue weighted by Crippen LogP contribution is 2.25. The molecule has 4 aromatic heterocycles. The van der Waals surface area contributed by atoms with Crippen LogP contribution in [0.4, 0.5) is 0 Å². The van der Waals surface area contributed by atoms with E-state index in [1.165, 1.54) is 17.5 Å². The zero-order valence-corrected chi connectivity index (χ0v) is 17.3. The van der Waals surface area contributed by atoms with Gasteiger partial charge in [-0.05, 0) is 36.1 Å². The molecule has 156 valence electrons. The number of pyridine rings is 2. The molecular weight excluding hydrogens is 416 g/mol. The molecule has 4 aromatic rings. The molecular formula is C21H18N6O3S. The third-order valence-corrected chi connectivity index (χ3v) is 5.72. The highest BCUT2D eigenvalue weighted by atomic mass is 32.1. The van der Waals surface area contributed by atoms with Crippen LogP contribution in [-0.4, -0.2) is 43.2 Å². The van der Waals surface area contributed by atoms with Crippen molar-refractivity contribution in [3.8, 4) is 5.82 Å². The highest BCUT2D eigenvalue weighted by molar-refractivity contribution is 7.16. The number of aromatic nitrogens is 4. The largest absolute Gasteiger partial charge is 0.363 e. The van der Waals surface area contributed by atoms with Gasteiger partial charge in [0.25, 0.3) is 11.8 Å². The van der Waals surface area contributed by atoms with Crippen LogP contribution in [0.3, 0.4) is 0 Å². The van der Waals surface area contributed by atoms with Gasteiger partial charge in [-0.2, -0.15) is 0 Å². The van der Waals surface area contributed by atoms with E-state index in [2.05, 4.69) is 20.3 Å². The number of imidazole rings is 1. The van der Waals surface area contributed by atoms with Crippen molar-refractivity contribution in [2.24, 2.45) is 5.73 Å². The Morgan fingerprint density at radius 3 is 2.68 bits per heavy atom. The van der Waals surface area contributed by atoms with Crippen molar-refractivity contribution in [2.75, 3.05) is 0 Å². The van der Waals surface area contributed by atoms with E-state index >= 15 is 0 Å². The van der Waals surface area contributed by atoms with E-state index in [1.54, 1.807) is 48.1 Å². The number of nitrogens with one attached hydrogen (secondary N) is 1. The topological polar surface area (TPSA) is 133 Å². The average Bonchev–Trinajstić information content (AvgIpc) is 3.37. The van der Waals surface area contributed by atoms with Gasteiger partial charge in [-0.3, -0.25) is 19.0 Å². The minimum atomic E-state index is -1.13. The molecule has 0 bridgehead atoms. The van der Waals surface area contributed by atoms with E-state index in [9.17, 15) is 14.4 Å². The van der Waals surface area contributed by atoms with E-state index in [-0.39, 0.29) is 12.1 Å². The summed E-state index contributed by atoms with van der Waals surface area (Å²) in [6.45, 7) is 1.74. The molecule has 0 fully saturated rings. The summed E-state index contributed by atoms with van der Waals surface area (Å²) in [7, 11) is 0. The quantitative estimate of drug-likeness (QED) is 0.424. The van der Waals surface area contributed by atoms with Crippen LogP contribution in [0.2, 0.25) is 0 Å². The Hall–Kier alpha value is -3.92. The molecule has 0 radical (unpaired) electrons. The number of fused-ring (bicyclic) bond motifs is 1. The normalized spacial score (nSPS) is 11.9. The number of Topliss-reactive ketones (excluding diaryl/α,β-unsaturated/α-hetero) is 1. The second-order valence-electron chi connectivity index (χ2n) is 6.79. The third-order valence-electron chi connectivity index (χ3n) is 4.77. The number of hydrogen-bond acceptors (Lipinski definition) is 7. The van der Waals surface area contributed by atoms with Crippen molar-refractivity contribution in [3.63, 3.8) is 0 Å². The number of aryl methyl sites for hydroxylation is 1. The zero-order chi connectivity index (χ0) is 22.0. The summed E-state index contributed by atoms with van der Waals surface area (Å²) in [5.74, 6) is -1.50. The van der Waals surface area contributed by atoms with Gasteiger partial charge in [0.05, 0.1) is 6.20 Å². The maximum absolute atomic E-state index is 13.1. The van der Waals surface area contributed by atoms with Gasteiger partial charge in [-0.1, -0.05) is 12.1 Å². The van der Waals surface area contributed by atoms with Gasteiger partial charge in [0.15, 0.2) is 0 Å². The number of nitrogens with zero attached hydrogens (tertiary/aromatic N) is 4. The number of ketones is 1. The number of rotatable bonds is 7. The summed E-state index contributed by atoms with van der Waals surface area (Å²) in [6, 6.07) is 7.82.